The molecule has 0 radical (unpaired) electrons. The number of rotatable bonds is 6. The molecule has 1 aromatic heterocycles. The number of piperazine rings is 1. The van der Waals surface area contributed by atoms with Crippen LogP contribution in [0.3, 0.4) is 0 Å². The normalized spacial score (nSPS) is 19.3. The van der Waals surface area contributed by atoms with E-state index in [4.69, 9.17) is 4.84 Å². The average molecular weight is 463 g/mol. The molecule has 0 aliphatic carbocycles. The monoisotopic (exact) mass is 463 g/mol. The third kappa shape index (κ3) is 5.41. The standard InChI is InChI=1S/C22H24F3N5O3/c1-15-11-20(22(23,24)25)26-30(15)14-21(32)29-9-7-28(8-10-29)13-18(31)17-12-19(33-27-17)16-5-3-2-4-6-16/h2-6,11,19H,7-10,12-14H2,1H3. The lowest BCUT2D eigenvalue weighted by atomic mass is 10.0. The Balaban J connectivity index is 1.24. The zero-order chi connectivity index (χ0) is 23.6. The van der Waals surface area contributed by atoms with Crippen LogP contribution >= 0.6 is 0 Å². The highest BCUT2D eigenvalue weighted by Crippen LogP contribution is 2.29. The third-order valence-electron chi connectivity index (χ3n) is 5.81. The number of halogens is 3. The van der Waals surface area contributed by atoms with Gasteiger partial charge in [-0.05, 0) is 18.6 Å². The molecule has 0 spiro atoms. The molecule has 2 aliphatic heterocycles. The summed E-state index contributed by atoms with van der Waals surface area (Å²) in [5, 5.41) is 7.47. The maximum atomic E-state index is 12.8. The molecule has 8 nitrogen and oxygen atoms in total. The minimum absolute atomic E-state index is 0.111. The number of carbonyl (C=O) groups is 2. The maximum absolute atomic E-state index is 12.8. The molecule has 1 unspecified atom stereocenters. The highest BCUT2D eigenvalue weighted by atomic mass is 19.4. The van der Waals surface area contributed by atoms with Crippen molar-refractivity contribution in [3.63, 3.8) is 0 Å². The Morgan fingerprint density at radius 1 is 1.09 bits per heavy atom. The molecule has 176 valence electrons. The molecule has 2 aromatic rings. The number of hydrogen-bond acceptors (Lipinski definition) is 6. The molecule has 1 atom stereocenters. The number of alkyl halides is 3. The molecule has 1 amide bonds. The van der Waals surface area contributed by atoms with Gasteiger partial charge in [0, 0.05) is 38.3 Å². The molecule has 3 heterocycles. The summed E-state index contributed by atoms with van der Waals surface area (Å²) in [5.74, 6) is -0.416. The van der Waals surface area contributed by atoms with E-state index in [9.17, 15) is 22.8 Å². The summed E-state index contributed by atoms with van der Waals surface area (Å²) in [6, 6.07) is 10.5. The molecule has 1 fully saturated rings. The summed E-state index contributed by atoms with van der Waals surface area (Å²) in [7, 11) is 0. The van der Waals surface area contributed by atoms with Crippen LogP contribution in [0.5, 0.6) is 0 Å². The molecular weight excluding hydrogens is 439 g/mol. The Kier molecular flexibility index (Phi) is 6.50. The van der Waals surface area contributed by atoms with Crippen LogP contribution in [-0.2, 0) is 27.1 Å². The minimum Gasteiger partial charge on any atom is -0.387 e. The van der Waals surface area contributed by atoms with Crippen molar-refractivity contribution in [3.05, 3.63) is 53.3 Å². The van der Waals surface area contributed by atoms with Crippen molar-refractivity contribution in [1.29, 1.82) is 0 Å². The zero-order valence-electron chi connectivity index (χ0n) is 18.1. The van der Waals surface area contributed by atoms with Gasteiger partial charge < -0.3 is 9.74 Å². The molecule has 0 saturated carbocycles. The van der Waals surface area contributed by atoms with Crippen LogP contribution in [0.15, 0.2) is 41.6 Å². The second-order valence-corrected chi connectivity index (χ2v) is 8.15. The van der Waals surface area contributed by atoms with E-state index in [1.54, 1.807) is 4.90 Å². The van der Waals surface area contributed by atoms with Crippen LogP contribution in [0.2, 0.25) is 0 Å². The number of amides is 1. The second kappa shape index (κ2) is 9.34. The lowest BCUT2D eigenvalue weighted by molar-refractivity contribution is -0.142. The predicted octanol–water partition coefficient (Wildman–Crippen LogP) is 2.44. The van der Waals surface area contributed by atoms with Gasteiger partial charge in [0.15, 0.2) is 17.6 Å². The Hall–Kier alpha value is -3.21. The van der Waals surface area contributed by atoms with Gasteiger partial charge in [-0.25, -0.2) is 0 Å². The summed E-state index contributed by atoms with van der Waals surface area (Å²) < 4.78 is 39.5. The number of hydrogen-bond donors (Lipinski definition) is 0. The molecule has 33 heavy (non-hydrogen) atoms. The van der Waals surface area contributed by atoms with Crippen LogP contribution in [-0.4, -0.2) is 69.7 Å². The van der Waals surface area contributed by atoms with Gasteiger partial charge >= 0.3 is 6.18 Å². The van der Waals surface area contributed by atoms with Crippen LogP contribution in [0, 0.1) is 6.92 Å². The number of oxime groups is 1. The van der Waals surface area contributed by atoms with Gasteiger partial charge in [-0.2, -0.15) is 18.3 Å². The van der Waals surface area contributed by atoms with Crippen LogP contribution in [0.4, 0.5) is 13.2 Å². The summed E-state index contributed by atoms with van der Waals surface area (Å²) in [6.45, 7) is 3.15. The molecule has 1 aromatic carbocycles. The van der Waals surface area contributed by atoms with Gasteiger partial charge in [-0.15, -0.1) is 0 Å². The number of aromatic nitrogens is 2. The number of nitrogens with zero attached hydrogens (tertiary/aromatic N) is 5. The van der Waals surface area contributed by atoms with Gasteiger partial charge in [0.1, 0.15) is 12.3 Å². The quantitative estimate of drug-likeness (QED) is 0.658. The first-order valence-electron chi connectivity index (χ1n) is 10.6. The van der Waals surface area contributed by atoms with Gasteiger partial charge in [-0.3, -0.25) is 19.2 Å². The smallest absolute Gasteiger partial charge is 0.387 e. The molecular formula is C22H24F3N5O3. The minimum atomic E-state index is -4.55. The number of ketones is 1. The molecule has 0 bridgehead atoms. The van der Waals surface area contributed by atoms with Crippen molar-refractivity contribution in [2.75, 3.05) is 32.7 Å². The predicted molar refractivity (Wildman–Crippen MR) is 112 cm³/mol. The highest BCUT2D eigenvalue weighted by Gasteiger charge is 2.35. The first-order valence-corrected chi connectivity index (χ1v) is 10.6. The fraction of sp³-hybridized carbons (Fsp3) is 0.455. The van der Waals surface area contributed by atoms with Crippen molar-refractivity contribution < 1.29 is 27.6 Å². The van der Waals surface area contributed by atoms with Crippen molar-refractivity contribution >= 4 is 17.4 Å². The molecule has 2 aliphatic rings. The van der Waals surface area contributed by atoms with E-state index >= 15 is 0 Å². The van der Waals surface area contributed by atoms with Gasteiger partial charge in [0.2, 0.25) is 5.91 Å². The highest BCUT2D eigenvalue weighted by molar-refractivity contribution is 6.40. The molecule has 1 saturated heterocycles. The topological polar surface area (TPSA) is 80.0 Å². The van der Waals surface area contributed by atoms with E-state index in [0.29, 0.717) is 38.3 Å². The van der Waals surface area contributed by atoms with Gasteiger partial charge in [0.05, 0.1) is 6.54 Å². The third-order valence-corrected chi connectivity index (χ3v) is 5.81. The van der Waals surface area contributed by atoms with Gasteiger partial charge in [-0.1, -0.05) is 35.5 Å². The molecule has 0 N–H and O–H groups in total. The Morgan fingerprint density at radius 3 is 2.42 bits per heavy atom. The second-order valence-electron chi connectivity index (χ2n) is 8.15. The van der Waals surface area contributed by atoms with Crippen molar-refractivity contribution in [3.8, 4) is 0 Å². The molecule has 11 heteroatoms. The fourth-order valence-electron chi connectivity index (χ4n) is 3.88. The van der Waals surface area contributed by atoms with Crippen LogP contribution in [0.1, 0.15) is 29.5 Å². The van der Waals surface area contributed by atoms with Crippen molar-refractivity contribution in [1.82, 2.24) is 19.6 Å². The number of aryl methyl sites for hydroxylation is 1. The van der Waals surface area contributed by atoms with E-state index in [1.165, 1.54) is 6.92 Å². The van der Waals surface area contributed by atoms with E-state index in [2.05, 4.69) is 10.3 Å². The number of benzene rings is 1. The largest absolute Gasteiger partial charge is 0.435 e. The summed E-state index contributed by atoms with van der Waals surface area (Å²) in [6.07, 6.45) is -4.39. The summed E-state index contributed by atoms with van der Waals surface area (Å²) >= 11 is 0. The average Bonchev–Trinajstić information content (AvgIpc) is 3.42. The first-order chi connectivity index (χ1) is 15.7. The fourth-order valence-corrected chi connectivity index (χ4v) is 3.88. The van der Waals surface area contributed by atoms with Gasteiger partial charge in [0.25, 0.3) is 0 Å². The van der Waals surface area contributed by atoms with Crippen LogP contribution < -0.4 is 0 Å². The summed E-state index contributed by atoms with van der Waals surface area (Å²) in [4.78, 5) is 34.1. The van der Waals surface area contributed by atoms with Crippen molar-refractivity contribution in [2.24, 2.45) is 5.16 Å². The Labute approximate surface area is 188 Å². The lowest BCUT2D eigenvalue weighted by Crippen LogP contribution is -2.51. The van der Waals surface area contributed by atoms with E-state index in [0.717, 1.165) is 16.3 Å². The van der Waals surface area contributed by atoms with E-state index in [-0.39, 0.29) is 36.6 Å². The van der Waals surface area contributed by atoms with Crippen molar-refractivity contribution in [2.45, 2.75) is 32.2 Å². The SMILES string of the molecule is Cc1cc(C(F)(F)F)nn1CC(=O)N1CCN(CC(=O)C2=NOC(c3ccccc3)C2)CC1. The number of carbonyl (C=O) groups excluding carboxylic acids is 2. The van der Waals surface area contributed by atoms with E-state index in [1.807, 2.05) is 35.2 Å². The first kappa shape index (κ1) is 23.0. The van der Waals surface area contributed by atoms with E-state index < -0.39 is 11.9 Å². The van der Waals surface area contributed by atoms with Crippen LogP contribution in [0.25, 0.3) is 0 Å². The Morgan fingerprint density at radius 2 is 1.79 bits per heavy atom. The zero-order valence-corrected chi connectivity index (χ0v) is 18.1. The maximum Gasteiger partial charge on any atom is 0.435 e. The molecule has 4 rings (SSSR count). The summed E-state index contributed by atoms with van der Waals surface area (Å²) in [5.41, 5.74) is 0.626. The lowest BCUT2D eigenvalue weighted by Gasteiger charge is -2.34. The Bertz CT molecular complexity index is 1040. The number of Topliss-reactive ketones (excluding diaryl/α,β-unsaturated/α-hetero) is 1.